The molecule has 0 saturated carbocycles. The van der Waals surface area contributed by atoms with Crippen molar-refractivity contribution in [3.63, 3.8) is 0 Å². The molecule has 118 valence electrons. The highest BCUT2D eigenvalue weighted by atomic mass is 16.4. The number of carbonyl (C=O) groups excluding carboxylic acids is 1. The van der Waals surface area contributed by atoms with E-state index < -0.39 is 5.97 Å². The van der Waals surface area contributed by atoms with Crippen LogP contribution >= 0.6 is 0 Å². The molecule has 0 fully saturated rings. The van der Waals surface area contributed by atoms with Crippen LogP contribution in [0.15, 0.2) is 10.5 Å². The maximum absolute atomic E-state index is 12.5. The van der Waals surface area contributed by atoms with Crippen molar-refractivity contribution in [2.75, 3.05) is 7.05 Å². The zero-order chi connectivity index (χ0) is 16.2. The largest absolute Gasteiger partial charge is 0.478 e. The highest BCUT2D eigenvalue weighted by Gasteiger charge is 2.25. The van der Waals surface area contributed by atoms with E-state index in [1.165, 1.54) is 6.07 Å². The van der Waals surface area contributed by atoms with Crippen LogP contribution in [0, 0.1) is 18.8 Å². The van der Waals surface area contributed by atoms with Crippen molar-refractivity contribution in [2.24, 2.45) is 11.8 Å². The Balaban J connectivity index is 2.80. The maximum atomic E-state index is 12.5. The van der Waals surface area contributed by atoms with Gasteiger partial charge in [-0.05, 0) is 25.3 Å². The van der Waals surface area contributed by atoms with Gasteiger partial charge in [0, 0.05) is 13.0 Å². The van der Waals surface area contributed by atoms with Crippen molar-refractivity contribution in [3.8, 4) is 0 Å². The average molecular weight is 295 g/mol. The molecule has 1 N–H and O–H groups in total. The van der Waals surface area contributed by atoms with Crippen LogP contribution in [0.5, 0.6) is 0 Å². The second-order valence-corrected chi connectivity index (χ2v) is 5.82. The van der Waals surface area contributed by atoms with E-state index in [4.69, 9.17) is 9.52 Å². The minimum absolute atomic E-state index is 0.00463. The van der Waals surface area contributed by atoms with Gasteiger partial charge in [-0.3, -0.25) is 4.79 Å². The van der Waals surface area contributed by atoms with Crippen molar-refractivity contribution in [1.82, 2.24) is 4.90 Å². The molecule has 1 amide bonds. The monoisotopic (exact) mass is 295 g/mol. The second kappa shape index (κ2) is 7.29. The van der Waals surface area contributed by atoms with Crippen LogP contribution in [0.2, 0.25) is 0 Å². The van der Waals surface area contributed by atoms with Gasteiger partial charge in [-0.2, -0.15) is 0 Å². The lowest BCUT2D eigenvalue weighted by Gasteiger charge is -2.25. The van der Waals surface area contributed by atoms with E-state index in [0.717, 1.165) is 12.8 Å². The average Bonchev–Trinajstić information content (AvgIpc) is 2.75. The highest BCUT2D eigenvalue weighted by Crippen LogP contribution is 2.22. The van der Waals surface area contributed by atoms with Gasteiger partial charge in [0.05, 0.1) is 6.54 Å². The molecule has 1 rings (SSSR count). The Morgan fingerprint density at radius 2 is 2.00 bits per heavy atom. The van der Waals surface area contributed by atoms with Gasteiger partial charge in [0.15, 0.2) is 0 Å². The highest BCUT2D eigenvalue weighted by molar-refractivity contribution is 5.88. The third kappa shape index (κ3) is 4.34. The molecule has 0 aliphatic rings. The van der Waals surface area contributed by atoms with Gasteiger partial charge in [0.25, 0.3) is 0 Å². The lowest BCUT2D eigenvalue weighted by atomic mass is 9.90. The Morgan fingerprint density at radius 3 is 2.43 bits per heavy atom. The van der Waals surface area contributed by atoms with E-state index >= 15 is 0 Å². The van der Waals surface area contributed by atoms with Crippen LogP contribution in [0.25, 0.3) is 0 Å². The standard InChI is InChI=1S/C16H25NO4/c1-6-7-13(10(2)3)15(18)17(5)9-12-8-14(16(19)20)11(4)21-12/h8,10,13H,6-7,9H2,1-5H3,(H,19,20). The normalized spacial score (nSPS) is 12.5. The zero-order valence-corrected chi connectivity index (χ0v) is 13.5. The fraction of sp³-hybridized carbons (Fsp3) is 0.625. The van der Waals surface area contributed by atoms with Crippen molar-refractivity contribution in [2.45, 2.75) is 47.1 Å². The maximum Gasteiger partial charge on any atom is 0.339 e. The van der Waals surface area contributed by atoms with Gasteiger partial charge >= 0.3 is 5.97 Å². The minimum Gasteiger partial charge on any atom is -0.478 e. The molecular formula is C16H25NO4. The van der Waals surface area contributed by atoms with Crippen LogP contribution in [-0.4, -0.2) is 28.9 Å². The van der Waals surface area contributed by atoms with Gasteiger partial charge in [-0.1, -0.05) is 27.2 Å². The summed E-state index contributed by atoms with van der Waals surface area (Å²) in [5.74, 6) is 0.218. The molecule has 1 aromatic heterocycles. The summed E-state index contributed by atoms with van der Waals surface area (Å²) in [5, 5.41) is 9.01. The van der Waals surface area contributed by atoms with Gasteiger partial charge < -0.3 is 14.4 Å². The first-order chi connectivity index (χ1) is 9.77. The molecule has 0 aliphatic heterocycles. The number of carboxylic acids is 1. The molecule has 0 bridgehead atoms. The van der Waals surface area contributed by atoms with Gasteiger partial charge in [-0.15, -0.1) is 0 Å². The molecule has 1 aromatic rings. The van der Waals surface area contributed by atoms with Crippen molar-refractivity contribution in [3.05, 3.63) is 23.2 Å². The summed E-state index contributed by atoms with van der Waals surface area (Å²) in [5.41, 5.74) is 0.153. The first kappa shape index (κ1) is 17.3. The molecule has 0 saturated heterocycles. The molecule has 1 atom stereocenters. The molecule has 0 radical (unpaired) electrons. The van der Waals surface area contributed by atoms with Gasteiger partial charge in [0.1, 0.15) is 17.1 Å². The molecule has 1 heterocycles. The van der Waals surface area contributed by atoms with E-state index in [9.17, 15) is 9.59 Å². The number of aromatic carboxylic acids is 1. The number of carbonyl (C=O) groups is 2. The number of furan rings is 1. The summed E-state index contributed by atoms with van der Waals surface area (Å²) in [6.45, 7) is 8.07. The molecule has 0 spiro atoms. The molecule has 0 aromatic carbocycles. The van der Waals surface area contributed by atoms with E-state index in [-0.39, 0.29) is 23.3 Å². The number of aryl methyl sites for hydroxylation is 1. The van der Waals surface area contributed by atoms with Crippen LogP contribution in [-0.2, 0) is 11.3 Å². The molecule has 1 unspecified atom stereocenters. The molecule has 0 aliphatic carbocycles. The summed E-state index contributed by atoms with van der Waals surface area (Å²) in [7, 11) is 1.73. The first-order valence-corrected chi connectivity index (χ1v) is 7.35. The number of rotatable bonds is 7. The van der Waals surface area contributed by atoms with Crippen molar-refractivity contribution < 1.29 is 19.1 Å². The topological polar surface area (TPSA) is 70.8 Å². The molecular weight excluding hydrogens is 270 g/mol. The summed E-state index contributed by atoms with van der Waals surface area (Å²) in [6.07, 6.45) is 1.82. The fourth-order valence-corrected chi connectivity index (χ4v) is 2.48. The summed E-state index contributed by atoms with van der Waals surface area (Å²) in [4.78, 5) is 25.1. The van der Waals surface area contributed by atoms with Crippen LogP contribution < -0.4 is 0 Å². The SMILES string of the molecule is CCCC(C(=O)N(C)Cc1cc(C(=O)O)c(C)o1)C(C)C. The molecule has 5 nitrogen and oxygen atoms in total. The second-order valence-electron chi connectivity index (χ2n) is 5.82. The Bertz CT molecular complexity index is 504. The van der Waals surface area contributed by atoms with Crippen LogP contribution in [0.4, 0.5) is 0 Å². The third-order valence-corrected chi connectivity index (χ3v) is 3.69. The molecule has 21 heavy (non-hydrogen) atoms. The first-order valence-electron chi connectivity index (χ1n) is 7.35. The summed E-state index contributed by atoms with van der Waals surface area (Å²) < 4.78 is 5.42. The number of carboxylic acid groups (broad SMARTS) is 1. The lowest BCUT2D eigenvalue weighted by Crippen LogP contribution is -2.34. The third-order valence-electron chi connectivity index (χ3n) is 3.69. The van der Waals surface area contributed by atoms with Crippen LogP contribution in [0.1, 0.15) is 55.5 Å². The van der Waals surface area contributed by atoms with E-state index in [1.807, 2.05) is 13.8 Å². The Kier molecular flexibility index (Phi) is 6.00. The van der Waals surface area contributed by atoms with Crippen LogP contribution in [0.3, 0.4) is 0 Å². The Hall–Kier alpha value is -1.78. The zero-order valence-electron chi connectivity index (χ0n) is 13.5. The minimum atomic E-state index is -1.01. The number of nitrogens with zero attached hydrogens (tertiary/aromatic N) is 1. The van der Waals surface area contributed by atoms with Gasteiger partial charge in [0.2, 0.25) is 5.91 Å². The van der Waals surface area contributed by atoms with Crippen molar-refractivity contribution in [1.29, 1.82) is 0 Å². The van der Waals surface area contributed by atoms with E-state index in [0.29, 0.717) is 18.1 Å². The number of hydrogen-bond acceptors (Lipinski definition) is 3. The Morgan fingerprint density at radius 1 is 1.38 bits per heavy atom. The summed E-state index contributed by atoms with van der Waals surface area (Å²) >= 11 is 0. The van der Waals surface area contributed by atoms with E-state index in [2.05, 4.69) is 6.92 Å². The number of amides is 1. The molecule has 5 heteroatoms. The van der Waals surface area contributed by atoms with E-state index in [1.54, 1.807) is 18.9 Å². The van der Waals surface area contributed by atoms with Crippen molar-refractivity contribution >= 4 is 11.9 Å². The smallest absolute Gasteiger partial charge is 0.339 e. The van der Waals surface area contributed by atoms with Gasteiger partial charge in [-0.25, -0.2) is 4.79 Å². The number of hydrogen-bond donors (Lipinski definition) is 1. The predicted octanol–water partition coefficient (Wildman–Crippen LogP) is 3.32. The fourth-order valence-electron chi connectivity index (χ4n) is 2.48. The lowest BCUT2D eigenvalue weighted by molar-refractivity contribution is -0.136. The Labute approximate surface area is 125 Å². The summed E-state index contributed by atoms with van der Waals surface area (Å²) in [6, 6.07) is 1.49. The quantitative estimate of drug-likeness (QED) is 0.837. The predicted molar refractivity (Wildman–Crippen MR) is 80.1 cm³/mol.